The van der Waals surface area contributed by atoms with Crippen LogP contribution in [0.1, 0.15) is 5.56 Å². The van der Waals surface area contributed by atoms with Crippen LogP contribution >= 0.6 is 11.6 Å². The van der Waals surface area contributed by atoms with Crippen LogP contribution in [0.3, 0.4) is 0 Å². The minimum atomic E-state index is -0.515. The molecule has 31 heavy (non-hydrogen) atoms. The molecule has 6 nitrogen and oxygen atoms in total. The third-order valence-corrected chi connectivity index (χ3v) is 4.41. The number of benzene rings is 3. The van der Waals surface area contributed by atoms with Gasteiger partial charge in [0, 0.05) is 5.69 Å². The van der Waals surface area contributed by atoms with Crippen LogP contribution in [0.4, 0.5) is 11.4 Å². The maximum Gasteiger partial charge on any atom is 0.266 e. The Balaban J connectivity index is 1.63. The van der Waals surface area contributed by atoms with Gasteiger partial charge < -0.3 is 15.4 Å². The Kier molecular flexibility index (Phi) is 7.41. The van der Waals surface area contributed by atoms with Crippen molar-refractivity contribution in [3.8, 4) is 11.8 Å². The number of anilines is 2. The van der Waals surface area contributed by atoms with E-state index in [1.807, 2.05) is 12.1 Å². The van der Waals surface area contributed by atoms with E-state index in [-0.39, 0.29) is 18.1 Å². The molecule has 0 radical (unpaired) electrons. The summed E-state index contributed by atoms with van der Waals surface area (Å²) < 4.78 is 5.52. The van der Waals surface area contributed by atoms with Crippen molar-refractivity contribution in [3.63, 3.8) is 0 Å². The summed E-state index contributed by atoms with van der Waals surface area (Å²) in [6.45, 7) is -0.224. The van der Waals surface area contributed by atoms with E-state index in [0.29, 0.717) is 27.7 Å². The average Bonchev–Trinajstić information content (AvgIpc) is 2.78. The lowest BCUT2D eigenvalue weighted by Crippen LogP contribution is -2.20. The van der Waals surface area contributed by atoms with Gasteiger partial charge in [0.15, 0.2) is 6.61 Å². The molecule has 0 aliphatic rings. The Morgan fingerprint density at radius 1 is 0.968 bits per heavy atom. The van der Waals surface area contributed by atoms with E-state index < -0.39 is 5.91 Å². The standard InChI is InChI=1S/C24H18ClN3O3/c25-21-11-4-5-12-22(21)28-23(29)16-31-20-10-6-7-17(14-20)13-18(15-26)24(30)27-19-8-2-1-3-9-19/h1-14H,16H2,(H,27,30)(H,28,29)/b18-13+. The highest BCUT2D eigenvalue weighted by atomic mass is 35.5. The first-order valence-corrected chi connectivity index (χ1v) is 9.68. The maximum atomic E-state index is 12.4. The van der Waals surface area contributed by atoms with E-state index in [0.717, 1.165) is 0 Å². The molecule has 0 aliphatic carbocycles. The molecule has 0 spiro atoms. The molecular weight excluding hydrogens is 414 g/mol. The molecule has 0 heterocycles. The molecule has 3 rings (SSSR count). The largest absolute Gasteiger partial charge is 0.484 e. The molecule has 7 heteroatoms. The first kappa shape index (κ1) is 21.6. The molecule has 2 amide bonds. The number of hydrogen-bond donors (Lipinski definition) is 2. The SMILES string of the molecule is N#C/C(=C\c1cccc(OCC(=O)Nc2ccccc2Cl)c1)C(=O)Nc1ccccc1. The fourth-order valence-corrected chi connectivity index (χ4v) is 2.81. The number of carbonyl (C=O) groups excluding carboxylic acids is 2. The van der Waals surface area contributed by atoms with Crippen molar-refractivity contribution >= 4 is 40.9 Å². The zero-order chi connectivity index (χ0) is 22.1. The number of amides is 2. The monoisotopic (exact) mass is 431 g/mol. The van der Waals surface area contributed by atoms with Gasteiger partial charge >= 0.3 is 0 Å². The third kappa shape index (κ3) is 6.46. The second-order valence-corrected chi connectivity index (χ2v) is 6.79. The lowest BCUT2D eigenvalue weighted by Gasteiger charge is -2.09. The number of carbonyl (C=O) groups is 2. The quantitative estimate of drug-likeness (QED) is 0.411. The van der Waals surface area contributed by atoms with E-state index in [4.69, 9.17) is 16.3 Å². The Morgan fingerprint density at radius 2 is 1.71 bits per heavy atom. The summed E-state index contributed by atoms with van der Waals surface area (Å²) in [6.07, 6.45) is 1.45. The van der Waals surface area contributed by atoms with E-state index in [9.17, 15) is 14.9 Å². The first-order valence-electron chi connectivity index (χ1n) is 9.30. The maximum absolute atomic E-state index is 12.4. The minimum Gasteiger partial charge on any atom is -0.484 e. The van der Waals surface area contributed by atoms with Gasteiger partial charge in [0.1, 0.15) is 17.4 Å². The lowest BCUT2D eigenvalue weighted by atomic mass is 10.1. The predicted molar refractivity (Wildman–Crippen MR) is 121 cm³/mol. The van der Waals surface area contributed by atoms with Gasteiger partial charge in [-0.25, -0.2) is 0 Å². The van der Waals surface area contributed by atoms with E-state index >= 15 is 0 Å². The van der Waals surface area contributed by atoms with Gasteiger partial charge in [0.25, 0.3) is 11.8 Å². The zero-order valence-electron chi connectivity index (χ0n) is 16.3. The summed E-state index contributed by atoms with van der Waals surface area (Å²) in [6, 6.07) is 24.4. The number of halogens is 1. The molecule has 154 valence electrons. The molecule has 2 N–H and O–H groups in total. The Labute approximate surface area is 184 Å². The number of nitrogens with one attached hydrogen (secondary N) is 2. The van der Waals surface area contributed by atoms with Crippen molar-refractivity contribution < 1.29 is 14.3 Å². The van der Waals surface area contributed by atoms with E-state index in [1.54, 1.807) is 72.8 Å². The van der Waals surface area contributed by atoms with Gasteiger partial charge in [-0.2, -0.15) is 5.26 Å². The number of rotatable bonds is 7. The van der Waals surface area contributed by atoms with Gasteiger partial charge in [0.2, 0.25) is 0 Å². The van der Waals surface area contributed by atoms with Gasteiger partial charge in [0.05, 0.1) is 10.7 Å². The number of ether oxygens (including phenoxy) is 1. The number of nitriles is 1. The van der Waals surface area contributed by atoms with Crippen molar-refractivity contribution in [2.75, 3.05) is 17.2 Å². The molecule has 0 aliphatic heterocycles. The number of para-hydroxylation sites is 2. The first-order chi connectivity index (χ1) is 15.0. The number of nitrogens with zero attached hydrogens (tertiary/aromatic N) is 1. The Bertz CT molecular complexity index is 1150. The van der Waals surface area contributed by atoms with Gasteiger partial charge in [-0.1, -0.05) is 54.1 Å². The molecule has 0 fully saturated rings. The lowest BCUT2D eigenvalue weighted by molar-refractivity contribution is -0.118. The minimum absolute atomic E-state index is 0.0579. The van der Waals surface area contributed by atoms with Gasteiger partial charge in [-0.05, 0) is 48.0 Å². The van der Waals surface area contributed by atoms with Crippen LogP contribution < -0.4 is 15.4 Å². The van der Waals surface area contributed by atoms with Crippen molar-refractivity contribution in [2.45, 2.75) is 0 Å². The predicted octanol–water partition coefficient (Wildman–Crippen LogP) is 4.90. The molecular formula is C24H18ClN3O3. The van der Waals surface area contributed by atoms with Crippen LogP contribution in [0.2, 0.25) is 5.02 Å². The molecule has 3 aromatic rings. The molecule has 3 aromatic carbocycles. The molecule has 0 aromatic heterocycles. The second kappa shape index (κ2) is 10.6. The van der Waals surface area contributed by atoms with Gasteiger partial charge in [-0.3, -0.25) is 9.59 Å². The van der Waals surface area contributed by atoms with Crippen molar-refractivity contribution in [2.24, 2.45) is 0 Å². The normalized spacial score (nSPS) is 10.6. The Hall–Kier alpha value is -4.08. The highest BCUT2D eigenvalue weighted by Crippen LogP contribution is 2.21. The van der Waals surface area contributed by atoms with Gasteiger partial charge in [-0.15, -0.1) is 0 Å². The van der Waals surface area contributed by atoms with E-state index in [1.165, 1.54) is 6.08 Å². The van der Waals surface area contributed by atoms with Crippen LogP contribution in [-0.2, 0) is 9.59 Å². The Morgan fingerprint density at radius 3 is 2.45 bits per heavy atom. The molecule has 0 bridgehead atoms. The van der Waals surface area contributed by atoms with Crippen molar-refractivity contribution in [3.05, 3.63) is 95.0 Å². The summed E-state index contributed by atoms with van der Waals surface area (Å²) in [5.41, 5.74) is 1.62. The summed E-state index contributed by atoms with van der Waals surface area (Å²) in [4.78, 5) is 24.5. The topological polar surface area (TPSA) is 91.2 Å². The van der Waals surface area contributed by atoms with Crippen LogP contribution in [0, 0.1) is 11.3 Å². The fourth-order valence-electron chi connectivity index (χ4n) is 2.63. The van der Waals surface area contributed by atoms with Crippen molar-refractivity contribution in [1.82, 2.24) is 0 Å². The summed E-state index contributed by atoms with van der Waals surface area (Å²) in [7, 11) is 0. The highest BCUT2D eigenvalue weighted by molar-refractivity contribution is 6.33. The number of hydrogen-bond acceptors (Lipinski definition) is 4. The van der Waals surface area contributed by atoms with Crippen molar-refractivity contribution in [1.29, 1.82) is 5.26 Å². The molecule has 0 unspecified atom stereocenters. The fraction of sp³-hybridized carbons (Fsp3) is 0.0417. The summed E-state index contributed by atoms with van der Waals surface area (Å²) in [5.74, 6) is -0.461. The smallest absolute Gasteiger partial charge is 0.266 e. The average molecular weight is 432 g/mol. The van der Waals surface area contributed by atoms with Crippen LogP contribution in [0.5, 0.6) is 5.75 Å². The molecule has 0 atom stereocenters. The van der Waals surface area contributed by atoms with Crippen LogP contribution in [0.25, 0.3) is 6.08 Å². The summed E-state index contributed by atoms with van der Waals surface area (Å²) >= 11 is 6.02. The molecule has 0 saturated carbocycles. The second-order valence-electron chi connectivity index (χ2n) is 6.38. The van der Waals surface area contributed by atoms with Crippen LogP contribution in [0.15, 0.2) is 84.4 Å². The molecule has 0 saturated heterocycles. The third-order valence-electron chi connectivity index (χ3n) is 4.08. The highest BCUT2D eigenvalue weighted by Gasteiger charge is 2.10. The summed E-state index contributed by atoms with van der Waals surface area (Å²) in [5, 5.41) is 15.1. The van der Waals surface area contributed by atoms with Crippen LogP contribution in [-0.4, -0.2) is 18.4 Å². The van der Waals surface area contributed by atoms with E-state index in [2.05, 4.69) is 10.6 Å². The zero-order valence-corrected chi connectivity index (χ0v) is 17.1.